The molecule has 0 atom stereocenters. The summed E-state index contributed by atoms with van der Waals surface area (Å²) in [6, 6.07) is 17.7. The van der Waals surface area contributed by atoms with Crippen LogP contribution in [0.5, 0.6) is 0 Å². The van der Waals surface area contributed by atoms with Crippen molar-refractivity contribution in [3.8, 4) is 22.9 Å². The lowest BCUT2D eigenvalue weighted by Gasteiger charge is -2.08. The van der Waals surface area contributed by atoms with Gasteiger partial charge in [-0.3, -0.25) is 4.79 Å². The fourth-order valence-electron chi connectivity index (χ4n) is 2.78. The highest BCUT2D eigenvalue weighted by Gasteiger charge is 2.13. The second-order valence-corrected chi connectivity index (χ2v) is 7.48. The van der Waals surface area contributed by atoms with Gasteiger partial charge in [-0.1, -0.05) is 40.9 Å². The summed E-state index contributed by atoms with van der Waals surface area (Å²) in [5, 5.41) is 11.5. The zero-order valence-corrected chi connectivity index (χ0v) is 17.3. The van der Waals surface area contributed by atoms with E-state index in [2.05, 4.69) is 15.5 Å². The number of carbonyl (C=O) groups excluding carboxylic acids is 1. The van der Waals surface area contributed by atoms with Crippen LogP contribution in [-0.4, -0.2) is 16.1 Å². The van der Waals surface area contributed by atoms with Crippen molar-refractivity contribution < 1.29 is 9.21 Å². The Morgan fingerprint density at radius 1 is 0.900 bits per heavy atom. The Balaban J connectivity index is 1.50. The number of halogens is 2. The van der Waals surface area contributed by atoms with Crippen molar-refractivity contribution in [1.29, 1.82) is 0 Å². The molecule has 4 aromatic rings. The number of hydrogen-bond acceptors (Lipinski definition) is 5. The zero-order chi connectivity index (χ0) is 21.3. The number of carbonyl (C=O) groups is 1. The number of aromatic nitrogens is 2. The van der Waals surface area contributed by atoms with Gasteiger partial charge in [-0.2, -0.15) is 0 Å². The standard InChI is InChI=1S/C22H16Cl2N4O2/c1-12-2-4-14(5-3-12)21-27-28-22(30-21)15-8-6-13(7-9-15)20(29)26-16-10-17(23)19(25)18(24)11-16/h2-11H,25H2,1H3,(H,26,29). The van der Waals surface area contributed by atoms with E-state index < -0.39 is 0 Å². The van der Waals surface area contributed by atoms with Crippen LogP contribution in [0, 0.1) is 6.92 Å². The van der Waals surface area contributed by atoms with Crippen LogP contribution in [0.2, 0.25) is 10.0 Å². The second kappa shape index (κ2) is 8.18. The van der Waals surface area contributed by atoms with E-state index in [0.29, 0.717) is 28.6 Å². The molecule has 0 fully saturated rings. The number of hydrogen-bond donors (Lipinski definition) is 2. The van der Waals surface area contributed by atoms with Crippen LogP contribution in [0.1, 0.15) is 15.9 Å². The summed E-state index contributed by atoms with van der Waals surface area (Å²) < 4.78 is 5.77. The van der Waals surface area contributed by atoms with Crippen LogP contribution in [-0.2, 0) is 0 Å². The first-order valence-corrected chi connectivity index (χ1v) is 9.73. The molecule has 0 radical (unpaired) electrons. The largest absolute Gasteiger partial charge is 0.416 e. The van der Waals surface area contributed by atoms with Gasteiger partial charge in [-0.15, -0.1) is 10.2 Å². The second-order valence-electron chi connectivity index (χ2n) is 6.66. The number of nitrogens with one attached hydrogen (secondary N) is 1. The maximum absolute atomic E-state index is 12.5. The topological polar surface area (TPSA) is 94.0 Å². The highest BCUT2D eigenvalue weighted by atomic mass is 35.5. The molecule has 6 nitrogen and oxygen atoms in total. The van der Waals surface area contributed by atoms with E-state index in [1.54, 1.807) is 36.4 Å². The van der Waals surface area contributed by atoms with Crippen molar-refractivity contribution in [2.24, 2.45) is 0 Å². The Kier molecular flexibility index (Phi) is 5.44. The molecular weight excluding hydrogens is 423 g/mol. The highest BCUT2D eigenvalue weighted by molar-refractivity contribution is 6.39. The van der Waals surface area contributed by atoms with Gasteiger partial charge in [0.15, 0.2) is 0 Å². The minimum atomic E-state index is -0.315. The van der Waals surface area contributed by atoms with Gasteiger partial charge in [-0.05, 0) is 55.5 Å². The van der Waals surface area contributed by atoms with Gasteiger partial charge < -0.3 is 15.5 Å². The SMILES string of the molecule is Cc1ccc(-c2nnc(-c3ccc(C(=O)Nc4cc(Cl)c(N)c(Cl)c4)cc3)o2)cc1. The van der Waals surface area contributed by atoms with Gasteiger partial charge in [0, 0.05) is 22.4 Å². The molecule has 8 heteroatoms. The summed E-state index contributed by atoms with van der Waals surface area (Å²) in [5.41, 5.74) is 9.58. The molecule has 0 saturated heterocycles. The third-order valence-corrected chi connectivity index (χ3v) is 5.08. The maximum Gasteiger partial charge on any atom is 0.255 e. The predicted molar refractivity (Wildman–Crippen MR) is 119 cm³/mol. The smallest absolute Gasteiger partial charge is 0.255 e. The summed E-state index contributed by atoms with van der Waals surface area (Å²) in [7, 11) is 0. The molecule has 0 aliphatic rings. The van der Waals surface area contributed by atoms with Gasteiger partial charge in [0.25, 0.3) is 5.91 Å². The van der Waals surface area contributed by atoms with E-state index >= 15 is 0 Å². The quantitative estimate of drug-likeness (QED) is 0.389. The average molecular weight is 439 g/mol. The average Bonchev–Trinajstić information content (AvgIpc) is 3.23. The molecule has 4 rings (SSSR count). The molecule has 0 aliphatic heterocycles. The summed E-state index contributed by atoms with van der Waals surface area (Å²) in [6.45, 7) is 2.01. The van der Waals surface area contributed by atoms with Crippen molar-refractivity contribution in [3.05, 3.63) is 81.8 Å². The first kappa shape index (κ1) is 19.9. The predicted octanol–water partition coefficient (Wildman–Crippen LogP) is 5.85. The number of rotatable bonds is 4. The molecule has 0 unspecified atom stereocenters. The summed E-state index contributed by atoms with van der Waals surface area (Å²) in [5.74, 6) is 0.489. The van der Waals surface area contributed by atoms with Crippen LogP contribution in [0.15, 0.2) is 65.1 Å². The maximum atomic E-state index is 12.5. The first-order chi connectivity index (χ1) is 14.4. The molecular formula is C22H16Cl2N4O2. The van der Waals surface area contributed by atoms with Gasteiger partial charge in [0.1, 0.15) is 0 Å². The number of nitrogen functional groups attached to an aromatic ring is 1. The fourth-order valence-corrected chi connectivity index (χ4v) is 3.26. The van der Waals surface area contributed by atoms with Crippen molar-refractivity contribution in [2.75, 3.05) is 11.1 Å². The third kappa shape index (κ3) is 4.15. The molecule has 150 valence electrons. The first-order valence-electron chi connectivity index (χ1n) is 8.97. The van der Waals surface area contributed by atoms with E-state index in [4.69, 9.17) is 33.4 Å². The van der Waals surface area contributed by atoms with Crippen LogP contribution in [0.25, 0.3) is 22.9 Å². The molecule has 3 aromatic carbocycles. The molecule has 0 bridgehead atoms. The molecule has 3 N–H and O–H groups in total. The molecule has 1 amide bonds. The van der Waals surface area contributed by atoms with Crippen LogP contribution < -0.4 is 11.1 Å². The summed E-state index contributed by atoms with van der Waals surface area (Å²) >= 11 is 12.0. The zero-order valence-electron chi connectivity index (χ0n) is 15.8. The van der Waals surface area contributed by atoms with Gasteiger partial charge >= 0.3 is 0 Å². The molecule has 0 saturated carbocycles. The van der Waals surface area contributed by atoms with Crippen molar-refractivity contribution in [2.45, 2.75) is 6.92 Å². The van der Waals surface area contributed by atoms with E-state index in [0.717, 1.165) is 11.1 Å². The summed E-state index contributed by atoms with van der Waals surface area (Å²) in [6.07, 6.45) is 0. The fraction of sp³-hybridized carbons (Fsp3) is 0.0455. The van der Waals surface area contributed by atoms with Gasteiger partial charge in [0.05, 0.1) is 15.7 Å². The highest BCUT2D eigenvalue weighted by Crippen LogP contribution is 2.31. The Hall–Kier alpha value is -3.35. The number of anilines is 2. The van der Waals surface area contributed by atoms with Crippen molar-refractivity contribution in [3.63, 3.8) is 0 Å². The monoisotopic (exact) mass is 438 g/mol. The Bertz CT molecular complexity index is 1200. The van der Waals surface area contributed by atoms with E-state index in [1.807, 2.05) is 31.2 Å². The third-order valence-electron chi connectivity index (χ3n) is 4.45. The number of nitrogens with two attached hydrogens (primary N) is 1. The number of nitrogens with zero attached hydrogens (tertiary/aromatic N) is 2. The normalized spacial score (nSPS) is 10.8. The summed E-state index contributed by atoms with van der Waals surface area (Å²) in [4.78, 5) is 12.5. The lowest BCUT2D eigenvalue weighted by Crippen LogP contribution is -2.12. The van der Waals surface area contributed by atoms with Crippen molar-refractivity contribution in [1.82, 2.24) is 10.2 Å². The molecule has 0 aliphatic carbocycles. The number of amides is 1. The molecule has 30 heavy (non-hydrogen) atoms. The molecule has 0 spiro atoms. The van der Waals surface area contributed by atoms with Crippen molar-refractivity contribution >= 4 is 40.5 Å². The van der Waals surface area contributed by atoms with Gasteiger partial charge in [0.2, 0.25) is 11.8 Å². The van der Waals surface area contributed by atoms with Gasteiger partial charge in [-0.25, -0.2) is 0 Å². The number of benzene rings is 3. The lowest BCUT2D eigenvalue weighted by atomic mass is 10.1. The van der Waals surface area contributed by atoms with Crippen LogP contribution >= 0.6 is 23.2 Å². The minimum Gasteiger partial charge on any atom is -0.416 e. The Labute approximate surface area is 182 Å². The Morgan fingerprint density at radius 3 is 1.93 bits per heavy atom. The van der Waals surface area contributed by atoms with Crippen LogP contribution in [0.4, 0.5) is 11.4 Å². The minimum absolute atomic E-state index is 0.269. The van der Waals surface area contributed by atoms with E-state index in [9.17, 15) is 4.79 Å². The van der Waals surface area contributed by atoms with E-state index in [1.165, 1.54) is 0 Å². The van der Waals surface area contributed by atoms with E-state index in [-0.39, 0.29) is 21.6 Å². The number of aryl methyl sites for hydroxylation is 1. The Morgan fingerprint density at radius 2 is 1.40 bits per heavy atom. The lowest BCUT2D eigenvalue weighted by molar-refractivity contribution is 0.102. The molecule has 1 aromatic heterocycles. The van der Waals surface area contributed by atoms with Crippen LogP contribution in [0.3, 0.4) is 0 Å². The molecule has 1 heterocycles.